The molecule has 0 aliphatic rings. The third-order valence-electron chi connectivity index (χ3n) is 3.49. The van der Waals surface area contributed by atoms with Gasteiger partial charge < -0.3 is 19.8 Å². The third kappa shape index (κ3) is 3.62. The summed E-state index contributed by atoms with van der Waals surface area (Å²) in [4.78, 5) is 38.9. The van der Waals surface area contributed by atoms with Crippen LogP contribution in [0.1, 0.15) is 26.3 Å². The number of ether oxygens (including phenoxy) is 2. The molecule has 1 heterocycles. The molecule has 0 aliphatic carbocycles. The fourth-order valence-corrected chi connectivity index (χ4v) is 2.14. The van der Waals surface area contributed by atoms with Gasteiger partial charge in [-0.05, 0) is 25.1 Å². The van der Waals surface area contributed by atoms with Crippen LogP contribution in [-0.2, 0) is 0 Å². The molecule has 1 aromatic heterocycles. The second-order valence-electron chi connectivity index (χ2n) is 5.06. The van der Waals surface area contributed by atoms with E-state index in [9.17, 15) is 14.4 Å². The van der Waals surface area contributed by atoms with E-state index >= 15 is 0 Å². The monoisotopic (exact) mass is 330 g/mol. The van der Waals surface area contributed by atoms with Crippen molar-refractivity contribution in [3.05, 3.63) is 57.5 Å². The number of nitrogens with one attached hydrogen (secondary N) is 2. The van der Waals surface area contributed by atoms with E-state index in [0.29, 0.717) is 22.6 Å². The van der Waals surface area contributed by atoms with Gasteiger partial charge in [-0.25, -0.2) is 0 Å². The van der Waals surface area contributed by atoms with Gasteiger partial charge in [0.25, 0.3) is 5.91 Å². The standard InChI is InChI=1S/C17H18N2O5/c1-10-7-18-8-12(16(10)21)13(20)9-19-17(22)11-4-5-14(23-2)15(6-11)24-3/h4-8H,9H2,1-3H3,(H,18,21)(H,19,22). The minimum absolute atomic E-state index is 0.0163. The Balaban J connectivity index is 2.09. The Kier molecular flexibility index (Phi) is 5.36. The predicted octanol–water partition coefficient (Wildman–Crippen LogP) is 1.31. The number of methoxy groups -OCH3 is 2. The largest absolute Gasteiger partial charge is 0.493 e. The van der Waals surface area contributed by atoms with E-state index in [0.717, 1.165) is 0 Å². The molecule has 0 spiro atoms. The first-order valence-corrected chi connectivity index (χ1v) is 7.19. The number of hydrogen-bond donors (Lipinski definition) is 2. The summed E-state index contributed by atoms with van der Waals surface area (Å²) in [6.07, 6.45) is 2.85. The second kappa shape index (κ2) is 7.45. The third-order valence-corrected chi connectivity index (χ3v) is 3.49. The molecule has 126 valence electrons. The molecule has 7 heteroatoms. The van der Waals surface area contributed by atoms with E-state index in [4.69, 9.17) is 9.47 Å². The summed E-state index contributed by atoms with van der Waals surface area (Å²) < 4.78 is 10.2. The van der Waals surface area contributed by atoms with Gasteiger partial charge in [-0.1, -0.05) is 0 Å². The van der Waals surface area contributed by atoms with Crippen LogP contribution in [0.25, 0.3) is 0 Å². The Morgan fingerprint density at radius 2 is 1.83 bits per heavy atom. The first-order chi connectivity index (χ1) is 11.5. The van der Waals surface area contributed by atoms with Crippen molar-refractivity contribution in [1.82, 2.24) is 10.3 Å². The number of ketones is 1. The van der Waals surface area contributed by atoms with Crippen molar-refractivity contribution in [1.29, 1.82) is 0 Å². The van der Waals surface area contributed by atoms with Crippen molar-refractivity contribution in [3.8, 4) is 11.5 Å². The number of H-pyrrole nitrogens is 1. The summed E-state index contributed by atoms with van der Waals surface area (Å²) >= 11 is 0. The molecular formula is C17H18N2O5. The van der Waals surface area contributed by atoms with Crippen LogP contribution in [0.5, 0.6) is 11.5 Å². The molecular weight excluding hydrogens is 312 g/mol. The lowest BCUT2D eigenvalue weighted by Gasteiger charge is -2.10. The Morgan fingerprint density at radius 1 is 1.12 bits per heavy atom. The van der Waals surface area contributed by atoms with Gasteiger partial charge in [-0.2, -0.15) is 0 Å². The lowest BCUT2D eigenvalue weighted by atomic mass is 10.1. The maximum atomic E-state index is 12.2. The van der Waals surface area contributed by atoms with Crippen molar-refractivity contribution in [3.63, 3.8) is 0 Å². The van der Waals surface area contributed by atoms with Crippen LogP contribution in [-0.4, -0.2) is 37.4 Å². The molecule has 0 aliphatic heterocycles. The topological polar surface area (TPSA) is 97.5 Å². The maximum absolute atomic E-state index is 12.2. The van der Waals surface area contributed by atoms with Crippen LogP contribution in [0.15, 0.2) is 35.4 Å². The fourth-order valence-electron chi connectivity index (χ4n) is 2.14. The molecule has 0 fully saturated rings. The van der Waals surface area contributed by atoms with Gasteiger partial charge in [0, 0.05) is 23.5 Å². The number of Topliss-reactive ketones (excluding diaryl/α,β-unsaturated/α-hetero) is 1. The number of rotatable bonds is 6. The molecule has 2 aromatic rings. The number of amides is 1. The Morgan fingerprint density at radius 3 is 2.50 bits per heavy atom. The van der Waals surface area contributed by atoms with Crippen LogP contribution < -0.4 is 20.2 Å². The average molecular weight is 330 g/mol. The zero-order valence-electron chi connectivity index (χ0n) is 13.6. The highest BCUT2D eigenvalue weighted by Crippen LogP contribution is 2.27. The summed E-state index contributed by atoms with van der Waals surface area (Å²) in [5.41, 5.74) is 0.424. The first-order valence-electron chi connectivity index (χ1n) is 7.19. The van der Waals surface area contributed by atoms with Gasteiger partial charge in [0.1, 0.15) is 0 Å². The number of aryl methyl sites for hydroxylation is 1. The average Bonchev–Trinajstić information content (AvgIpc) is 2.60. The predicted molar refractivity (Wildman–Crippen MR) is 88.0 cm³/mol. The van der Waals surface area contributed by atoms with Gasteiger partial charge in [0.2, 0.25) is 0 Å². The number of benzene rings is 1. The van der Waals surface area contributed by atoms with E-state index in [1.807, 2.05) is 0 Å². The molecule has 0 bridgehead atoms. The number of carbonyl (C=O) groups is 2. The first kappa shape index (κ1) is 17.3. The van der Waals surface area contributed by atoms with Gasteiger partial charge in [-0.3, -0.25) is 14.4 Å². The minimum Gasteiger partial charge on any atom is -0.493 e. The number of aromatic amines is 1. The quantitative estimate of drug-likeness (QED) is 0.778. The van der Waals surface area contributed by atoms with Crippen molar-refractivity contribution >= 4 is 11.7 Å². The Labute approximate surface area is 138 Å². The maximum Gasteiger partial charge on any atom is 0.251 e. The SMILES string of the molecule is COc1ccc(C(=O)NCC(=O)c2c[nH]cc(C)c2=O)cc1OC. The zero-order chi connectivity index (χ0) is 17.7. The Hall–Kier alpha value is -3.09. The number of aromatic nitrogens is 1. The van der Waals surface area contributed by atoms with Gasteiger partial charge >= 0.3 is 0 Å². The van der Waals surface area contributed by atoms with Crippen LogP contribution in [0.3, 0.4) is 0 Å². The molecule has 0 atom stereocenters. The number of hydrogen-bond acceptors (Lipinski definition) is 5. The van der Waals surface area contributed by atoms with Crippen molar-refractivity contribution < 1.29 is 19.1 Å². The van der Waals surface area contributed by atoms with E-state index in [1.165, 1.54) is 32.7 Å². The summed E-state index contributed by atoms with van der Waals surface area (Å²) in [5.74, 6) is -0.00909. The molecule has 7 nitrogen and oxygen atoms in total. The summed E-state index contributed by atoms with van der Waals surface area (Å²) in [5, 5.41) is 2.50. The molecule has 0 unspecified atom stereocenters. The van der Waals surface area contributed by atoms with Crippen molar-refractivity contribution in [2.75, 3.05) is 20.8 Å². The second-order valence-corrected chi connectivity index (χ2v) is 5.06. The van der Waals surface area contributed by atoms with E-state index in [1.54, 1.807) is 19.1 Å². The normalized spacial score (nSPS) is 10.1. The molecule has 2 rings (SSSR count). The lowest BCUT2D eigenvalue weighted by Crippen LogP contribution is -2.32. The number of carbonyl (C=O) groups excluding carboxylic acids is 2. The summed E-state index contributed by atoms with van der Waals surface area (Å²) in [6.45, 7) is 1.33. The molecule has 24 heavy (non-hydrogen) atoms. The molecule has 1 aromatic carbocycles. The highest BCUT2D eigenvalue weighted by atomic mass is 16.5. The Bertz CT molecular complexity index is 826. The van der Waals surface area contributed by atoms with Crippen LogP contribution in [0.4, 0.5) is 0 Å². The van der Waals surface area contributed by atoms with Crippen molar-refractivity contribution in [2.45, 2.75) is 6.92 Å². The van der Waals surface area contributed by atoms with E-state index in [2.05, 4.69) is 10.3 Å². The van der Waals surface area contributed by atoms with E-state index < -0.39 is 11.7 Å². The summed E-state index contributed by atoms with van der Waals surface area (Å²) in [7, 11) is 2.96. The lowest BCUT2D eigenvalue weighted by molar-refractivity contribution is 0.0903. The highest BCUT2D eigenvalue weighted by molar-refractivity contribution is 6.02. The molecule has 0 saturated heterocycles. The van der Waals surface area contributed by atoms with Gasteiger partial charge in [0.05, 0.1) is 26.3 Å². The minimum atomic E-state index is -0.464. The molecule has 1 amide bonds. The summed E-state index contributed by atoms with van der Waals surface area (Å²) in [6, 6.07) is 4.67. The van der Waals surface area contributed by atoms with Gasteiger partial charge in [-0.15, -0.1) is 0 Å². The van der Waals surface area contributed by atoms with Crippen LogP contribution in [0, 0.1) is 6.92 Å². The molecule has 0 saturated carbocycles. The van der Waals surface area contributed by atoms with E-state index in [-0.39, 0.29) is 17.5 Å². The van der Waals surface area contributed by atoms with Gasteiger partial charge in [0.15, 0.2) is 22.7 Å². The molecule has 0 radical (unpaired) electrons. The highest BCUT2D eigenvalue weighted by Gasteiger charge is 2.15. The van der Waals surface area contributed by atoms with Crippen LogP contribution in [0.2, 0.25) is 0 Å². The number of pyridine rings is 1. The molecule has 2 N–H and O–H groups in total. The zero-order valence-corrected chi connectivity index (χ0v) is 13.6. The van der Waals surface area contributed by atoms with Crippen LogP contribution >= 0.6 is 0 Å². The fraction of sp³-hybridized carbons (Fsp3) is 0.235. The van der Waals surface area contributed by atoms with Crippen molar-refractivity contribution in [2.24, 2.45) is 0 Å². The smallest absolute Gasteiger partial charge is 0.251 e.